The van der Waals surface area contributed by atoms with Gasteiger partial charge in [-0.05, 0) is 55.2 Å². The largest absolute Gasteiger partial charge is 0.467 e. The van der Waals surface area contributed by atoms with Crippen LogP contribution in [0.5, 0.6) is 0 Å². The van der Waals surface area contributed by atoms with Crippen molar-refractivity contribution in [2.45, 2.75) is 143 Å². The second kappa shape index (κ2) is 26.6. The molecular formula is C51H72N6O9. The van der Waals surface area contributed by atoms with Gasteiger partial charge in [0.15, 0.2) is 0 Å². The summed E-state index contributed by atoms with van der Waals surface area (Å²) in [6, 6.07) is 22.7. The highest BCUT2D eigenvalue weighted by molar-refractivity contribution is 5.91. The van der Waals surface area contributed by atoms with Gasteiger partial charge in [0, 0.05) is 56.7 Å². The van der Waals surface area contributed by atoms with Gasteiger partial charge < -0.3 is 41.4 Å². The number of carbonyl (C=O) groups is 7. The van der Waals surface area contributed by atoms with E-state index in [1.54, 1.807) is 20.8 Å². The Balaban J connectivity index is 1.77. The Morgan fingerprint density at radius 1 is 0.455 bits per heavy atom. The SMILES string of the molecule is COC(=O)[C@@H](Cc1ccccc1)NC(=O)C[C@H](NC(=O)[C@@H](Cc1ccccc1)NC(=O)C[C@H](NC(=O)[C@@H](Cc1ccccc1)NC(=O)C[C@H](NC(=O)OC(C)(C)C)C(C)C)C(C)C)C(C)C. The molecule has 15 nitrogen and oxygen atoms in total. The number of nitrogens with one attached hydrogen (secondary N) is 6. The van der Waals surface area contributed by atoms with Crippen molar-refractivity contribution in [3.63, 3.8) is 0 Å². The molecule has 0 spiro atoms. The second-order valence-corrected chi connectivity index (χ2v) is 18.8. The minimum Gasteiger partial charge on any atom is -0.467 e. The maximum atomic E-state index is 14.1. The number of methoxy groups -OCH3 is 1. The maximum Gasteiger partial charge on any atom is 0.407 e. The van der Waals surface area contributed by atoms with E-state index in [0.717, 1.165) is 16.7 Å². The molecule has 0 aliphatic rings. The van der Waals surface area contributed by atoms with Gasteiger partial charge in [-0.1, -0.05) is 133 Å². The fourth-order valence-corrected chi connectivity index (χ4v) is 7.05. The molecule has 15 heteroatoms. The van der Waals surface area contributed by atoms with Crippen LogP contribution in [0.1, 0.15) is 98.3 Å². The smallest absolute Gasteiger partial charge is 0.407 e. The standard InChI is InChI=1S/C51H72N6O9/c1-32(2)38(55-48(62)42(27-36-22-16-12-17-23-36)53-45(59)31-40(34(5)6)57-50(64)66-51(7,8)9)29-44(58)52-41(26-35-20-14-11-15-21-35)47(61)56-39(33(3)4)30-46(60)54-43(49(63)65-10)28-37-24-18-13-19-25-37/h11-25,32-34,38-43H,26-31H2,1-10H3,(H,52,58)(H,53,59)(H,54,60)(H,55,62)(H,56,61)(H,57,64)/t38-,39-,40-,41+,42+,43+/m0/s1. The average molecular weight is 913 g/mol. The van der Waals surface area contributed by atoms with Crippen LogP contribution in [-0.2, 0) is 57.5 Å². The summed E-state index contributed by atoms with van der Waals surface area (Å²) < 4.78 is 10.4. The molecule has 0 aliphatic carbocycles. The van der Waals surface area contributed by atoms with Crippen LogP contribution < -0.4 is 31.9 Å². The van der Waals surface area contributed by atoms with Gasteiger partial charge in [0.25, 0.3) is 0 Å². The molecule has 0 unspecified atom stereocenters. The van der Waals surface area contributed by atoms with Gasteiger partial charge in [0.2, 0.25) is 29.5 Å². The van der Waals surface area contributed by atoms with Crippen molar-refractivity contribution in [3.8, 4) is 0 Å². The van der Waals surface area contributed by atoms with Crippen molar-refractivity contribution in [2.24, 2.45) is 17.8 Å². The third-order valence-corrected chi connectivity index (χ3v) is 11.0. The molecule has 6 amide bonds. The molecule has 3 aromatic rings. The average Bonchev–Trinajstić information content (AvgIpc) is 3.24. The molecule has 0 saturated carbocycles. The lowest BCUT2D eigenvalue weighted by molar-refractivity contribution is -0.145. The first-order valence-electron chi connectivity index (χ1n) is 22.8. The first kappa shape index (κ1) is 54.1. The third-order valence-electron chi connectivity index (χ3n) is 11.0. The summed E-state index contributed by atoms with van der Waals surface area (Å²) in [5, 5.41) is 17.3. The third kappa shape index (κ3) is 19.9. The quantitative estimate of drug-likeness (QED) is 0.0640. The van der Waals surface area contributed by atoms with E-state index >= 15 is 0 Å². The topological polar surface area (TPSA) is 210 Å². The number of alkyl carbamates (subject to hydrolysis) is 1. The molecule has 0 heterocycles. The van der Waals surface area contributed by atoms with Crippen LogP contribution in [0.25, 0.3) is 0 Å². The number of amides is 6. The van der Waals surface area contributed by atoms with Crippen LogP contribution in [0.2, 0.25) is 0 Å². The van der Waals surface area contributed by atoms with E-state index in [4.69, 9.17) is 9.47 Å². The molecule has 0 aliphatic heterocycles. The first-order valence-corrected chi connectivity index (χ1v) is 22.8. The lowest BCUT2D eigenvalue weighted by Gasteiger charge is -2.29. The molecule has 0 saturated heterocycles. The van der Waals surface area contributed by atoms with E-state index in [1.807, 2.05) is 133 Å². The van der Waals surface area contributed by atoms with Crippen molar-refractivity contribution in [2.75, 3.05) is 7.11 Å². The fourth-order valence-electron chi connectivity index (χ4n) is 7.05. The van der Waals surface area contributed by atoms with Gasteiger partial charge in [0.1, 0.15) is 23.7 Å². The highest BCUT2D eigenvalue weighted by Gasteiger charge is 2.32. The Hall–Kier alpha value is -6.25. The summed E-state index contributed by atoms with van der Waals surface area (Å²) >= 11 is 0. The van der Waals surface area contributed by atoms with Crippen LogP contribution in [0.15, 0.2) is 91.0 Å². The Labute approximate surface area is 390 Å². The van der Waals surface area contributed by atoms with E-state index in [-0.39, 0.29) is 56.3 Å². The summed E-state index contributed by atoms with van der Waals surface area (Å²) in [6.45, 7) is 16.4. The fraction of sp³-hybridized carbons (Fsp3) is 0.510. The molecule has 66 heavy (non-hydrogen) atoms. The number of esters is 1. The van der Waals surface area contributed by atoms with Gasteiger partial charge in [-0.15, -0.1) is 0 Å². The van der Waals surface area contributed by atoms with Crippen molar-refractivity contribution < 1.29 is 43.0 Å². The van der Waals surface area contributed by atoms with E-state index in [1.165, 1.54) is 7.11 Å². The summed E-state index contributed by atoms with van der Waals surface area (Å²) in [4.78, 5) is 94.4. The number of ether oxygens (including phenoxy) is 2. The molecule has 3 aromatic carbocycles. The zero-order valence-electron chi connectivity index (χ0n) is 40.3. The molecule has 6 atom stereocenters. The van der Waals surface area contributed by atoms with Crippen LogP contribution in [0.4, 0.5) is 4.79 Å². The minimum atomic E-state index is -1.05. The van der Waals surface area contributed by atoms with Crippen LogP contribution >= 0.6 is 0 Å². The summed E-state index contributed by atoms with van der Waals surface area (Å²) in [7, 11) is 1.25. The molecule has 6 N–H and O–H groups in total. The predicted octanol–water partition coefficient (Wildman–Crippen LogP) is 5.34. The van der Waals surface area contributed by atoms with Crippen molar-refractivity contribution in [1.29, 1.82) is 0 Å². The summed E-state index contributed by atoms with van der Waals surface area (Å²) in [5.41, 5.74) is 1.69. The number of hydrogen-bond donors (Lipinski definition) is 6. The lowest BCUT2D eigenvalue weighted by atomic mass is 9.97. The molecule has 0 radical (unpaired) electrons. The van der Waals surface area contributed by atoms with Gasteiger partial charge in [0.05, 0.1) is 7.11 Å². The summed E-state index contributed by atoms with van der Waals surface area (Å²) in [6.07, 6.45) is -0.569. The maximum absolute atomic E-state index is 14.1. The molecule has 0 aromatic heterocycles. The van der Waals surface area contributed by atoms with Crippen LogP contribution in [0.3, 0.4) is 0 Å². The second-order valence-electron chi connectivity index (χ2n) is 18.8. The molecule has 0 bridgehead atoms. The van der Waals surface area contributed by atoms with Gasteiger partial charge in [-0.2, -0.15) is 0 Å². The van der Waals surface area contributed by atoms with Crippen molar-refractivity contribution >= 4 is 41.6 Å². The van der Waals surface area contributed by atoms with Gasteiger partial charge in [-0.25, -0.2) is 9.59 Å². The number of rotatable bonds is 24. The zero-order valence-corrected chi connectivity index (χ0v) is 40.3. The number of carbonyl (C=O) groups excluding carboxylic acids is 7. The Kier molecular flexibility index (Phi) is 21.8. The van der Waals surface area contributed by atoms with E-state index in [0.29, 0.717) is 0 Å². The predicted molar refractivity (Wildman–Crippen MR) is 254 cm³/mol. The molecule has 360 valence electrons. The van der Waals surface area contributed by atoms with Crippen molar-refractivity contribution in [3.05, 3.63) is 108 Å². The Morgan fingerprint density at radius 2 is 0.758 bits per heavy atom. The minimum absolute atomic E-state index is 0.110. The van der Waals surface area contributed by atoms with Crippen LogP contribution in [0, 0.1) is 17.8 Å². The molecule has 0 fully saturated rings. The number of benzene rings is 3. The van der Waals surface area contributed by atoms with E-state index < -0.39 is 83.5 Å². The van der Waals surface area contributed by atoms with Crippen LogP contribution in [-0.4, -0.2) is 90.6 Å². The monoisotopic (exact) mass is 913 g/mol. The number of hydrogen-bond acceptors (Lipinski definition) is 9. The molecular weight excluding hydrogens is 841 g/mol. The van der Waals surface area contributed by atoms with Gasteiger partial charge in [-0.3, -0.25) is 24.0 Å². The Morgan fingerprint density at radius 3 is 1.06 bits per heavy atom. The highest BCUT2D eigenvalue weighted by atomic mass is 16.6. The van der Waals surface area contributed by atoms with E-state index in [2.05, 4.69) is 31.9 Å². The first-order chi connectivity index (χ1) is 31.1. The van der Waals surface area contributed by atoms with Gasteiger partial charge >= 0.3 is 12.1 Å². The van der Waals surface area contributed by atoms with E-state index in [9.17, 15) is 33.6 Å². The molecule has 3 rings (SSSR count). The normalized spacial score (nSPS) is 14.1. The Bertz CT molecular complexity index is 2020. The zero-order chi connectivity index (χ0) is 49.0. The lowest BCUT2D eigenvalue weighted by Crippen LogP contribution is -2.55. The highest BCUT2D eigenvalue weighted by Crippen LogP contribution is 2.15. The van der Waals surface area contributed by atoms with Crippen molar-refractivity contribution in [1.82, 2.24) is 31.9 Å². The summed E-state index contributed by atoms with van der Waals surface area (Å²) in [5.74, 6) is -3.60.